The number of nitrogens with two attached hydrogens (primary N) is 1. The summed E-state index contributed by atoms with van der Waals surface area (Å²) in [7, 11) is -2.51. The third-order valence-electron chi connectivity index (χ3n) is 2.35. The largest absolute Gasteiger partial charge is 0.381 e. The van der Waals surface area contributed by atoms with Crippen molar-refractivity contribution in [1.82, 2.24) is 9.78 Å². The van der Waals surface area contributed by atoms with Crippen LogP contribution in [0.1, 0.15) is 0 Å². The van der Waals surface area contributed by atoms with E-state index in [1.54, 1.807) is 0 Å². The van der Waals surface area contributed by atoms with E-state index in [2.05, 4.69) is 9.82 Å². The molecule has 0 amide bonds. The number of halogens is 3. The minimum absolute atomic E-state index is 0.127. The summed E-state index contributed by atoms with van der Waals surface area (Å²) in [6.45, 7) is 0. The van der Waals surface area contributed by atoms with E-state index in [1.165, 1.54) is 17.9 Å². The monoisotopic (exact) mass is 338 g/mol. The molecule has 0 saturated carbocycles. The minimum Gasteiger partial charge on any atom is -0.381 e. The second kappa shape index (κ2) is 5.12. The first kappa shape index (κ1) is 14.9. The Kier molecular flexibility index (Phi) is 3.81. The molecule has 0 atom stereocenters. The van der Waals surface area contributed by atoms with Crippen molar-refractivity contribution in [2.75, 3.05) is 10.5 Å². The number of benzene rings is 1. The van der Waals surface area contributed by atoms with Crippen LogP contribution in [0.3, 0.4) is 0 Å². The van der Waals surface area contributed by atoms with Gasteiger partial charge in [-0.05, 0) is 12.1 Å². The Labute approximate surface area is 124 Å². The maximum Gasteiger partial charge on any atom is 0.267 e. The Bertz CT molecular complexity index is 753. The van der Waals surface area contributed by atoms with Gasteiger partial charge in [-0.3, -0.25) is 9.40 Å². The first-order chi connectivity index (χ1) is 9.20. The van der Waals surface area contributed by atoms with E-state index in [-0.39, 0.29) is 26.4 Å². The lowest BCUT2D eigenvalue weighted by atomic mass is 10.3. The van der Waals surface area contributed by atoms with Gasteiger partial charge in [0.15, 0.2) is 5.82 Å². The molecule has 0 bridgehead atoms. The van der Waals surface area contributed by atoms with Crippen molar-refractivity contribution in [2.24, 2.45) is 7.05 Å². The first-order valence-corrected chi connectivity index (χ1v) is 7.41. The normalized spacial score (nSPS) is 11.6. The zero-order valence-corrected chi connectivity index (χ0v) is 12.4. The van der Waals surface area contributed by atoms with Crippen LogP contribution in [0, 0.1) is 5.82 Å². The van der Waals surface area contributed by atoms with Crippen LogP contribution in [0.25, 0.3) is 0 Å². The summed E-state index contributed by atoms with van der Waals surface area (Å²) in [5.74, 6) is -0.849. The SMILES string of the molecule is Cn1cc(S(=O)(=O)Nc2c(Cl)cc(F)cc2Cl)c(N)n1. The van der Waals surface area contributed by atoms with Crippen LogP contribution in [0.5, 0.6) is 0 Å². The van der Waals surface area contributed by atoms with Crippen LogP contribution in [0.4, 0.5) is 15.9 Å². The molecule has 0 radical (unpaired) electrons. The maximum absolute atomic E-state index is 13.1. The molecule has 10 heteroatoms. The number of aromatic nitrogens is 2. The van der Waals surface area contributed by atoms with Gasteiger partial charge in [-0.15, -0.1) is 0 Å². The summed E-state index contributed by atoms with van der Waals surface area (Å²) in [6.07, 6.45) is 1.23. The number of sulfonamides is 1. The Morgan fingerprint density at radius 2 is 1.90 bits per heavy atom. The molecule has 2 rings (SSSR count). The first-order valence-electron chi connectivity index (χ1n) is 5.17. The van der Waals surface area contributed by atoms with Crippen LogP contribution < -0.4 is 10.5 Å². The molecule has 0 aliphatic carbocycles. The van der Waals surface area contributed by atoms with Gasteiger partial charge in [0, 0.05) is 13.2 Å². The second-order valence-electron chi connectivity index (χ2n) is 3.90. The van der Waals surface area contributed by atoms with Crippen molar-refractivity contribution in [3.8, 4) is 0 Å². The average molecular weight is 339 g/mol. The number of rotatable bonds is 3. The molecule has 20 heavy (non-hydrogen) atoms. The van der Waals surface area contributed by atoms with Crippen molar-refractivity contribution in [3.05, 3.63) is 34.2 Å². The zero-order chi connectivity index (χ0) is 15.1. The molecule has 1 aromatic heterocycles. The second-order valence-corrected chi connectivity index (χ2v) is 6.37. The van der Waals surface area contributed by atoms with Crippen LogP contribution in [-0.4, -0.2) is 18.2 Å². The summed E-state index contributed by atoms with van der Waals surface area (Å²) in [5.41, 5.74) is 5.38. The lowest BCUT2D eigenvalue weighted by Crippen LogP contribution is -2.14. The van der Waals surface area contributed by atoms with Crippen molar-refractivity contribution < 1.29 is 12.8 Å². The number of aryl methyl sites for hydroxylation is 1. The van der Waals surface area contributed by atoms with Crippen LogP contribution >= 0.6 is 23.2 Å². The average Bonchev–Trinajstić information content (AvgIpc) is 2.64. The van der Waals surface area contributed by atoms with Gasteiger partial charge in [0.25, 0.3) is 10.0 Å². The summed E-state index contributed by atoms with van der Waals surface area (Å²) in [6, 6.07) is 1.88. The van der Waals surface area contributed by atoms with Gasteiger partial charge in [0.2, 0.25) is 0 Å². The molecule has 0 saturated heterocycles. The molecule has 3 N–H and O–H groups in total. The Balaban J connectivity index is 2.46. The molecule has 0 aliphatic heterocycles. The highest BCUT2D eigenvalue weighted by Gasteiger charge is 2.23. The van der Waals surface area contributed by atoms with E-state index in [1.807, 2.05) is 0 Å². The van der Waals surface area contributed by atoms with Gasteiger partial charge >= 0.3 is 0 Å². The van der Waals surface area contributed by atoms with Gasteiger partial charge in [0.05, 0.1) is 15.7 Å². The van der Waals surface area contributed by atoms with Crippen molar-refractivity contribution >= 4 is 44.7 Å². The number of nitrogen functional groups attached to an aromatic ring is 1. The lowest BCUT2D eigenvalue weighted by molar-refractivity contribution is 0.601. The van der Waals surface area contributed by atoms with Gasteiger partial charge < -0.3 is 5.73 Å². The number of nitrogens with zero attached hydrogens (tertiary/aromatic N) is 2. The van der Waals surface area contributed by atoms with E-state index >= 15 is 0 Å². The van der Waals surface area contributed by atoms with Crippen LogP contribution in [0.15, 0.2) is 23.2 Å². The van der Waals surface area contributed by atoms with Gasteiger partial charge in [-0.1, -0.05) is 23.2 Å². The van der Waals surface area contributed by atoms with E-state index in [9.17, 15) is 12.8 Å². The van der Waals surface area contributed by atoms with Gasteiger partial charge in [-0.25, -0.2) is 12.8 Å². The zero-order valence-electron chi connectivity index (χ0n) is 10.1. The highest BCUT2D eigenvalue weighted by atomic mass is 35.5. The minimum atomic E-state index is -4.03. The molecule has 6 nitrogen and oxygen atoms in total. The fourth-order valence-electron chi connectivity index (χ4n) is 1.52. The smallest absolute Gasteiger partial charge is 0.267 e. The third-order valence-corrected chi connectivity index (χ3v) is 4.32. The topological polar surface area (TPSA) is 90.0 Å². The highest BCUT2D eigenvalue weighted by Crippen LogP contribution is 2.33. The molecule has 0 fully saturated rings. The molecule has 0 aliphatic rings. The molecule has 108 valence electrons. The predicted octanol–water partition coefficient (Wildman–Crippen LogP) is 2.25. The number of hydrogen-bond acceptors (Lipinski definition) is 4. The molecule has 0 spiro atoms. The Hall–Kier alpha value is -1.51. The van der Waals surface area contributed by atoms with Crippen LogP contribution in [-0.2, 0) is 17.1 Å². The predicted molar refractivity (Wildman–Crippen MR) is 74.8 cm³/mol. The van der Waals surface area contributed by atoms with Gasteiger partial charge in [0.1, 0.15) is 10.7 Å². The van der Waals surface area contributed by atoms with Crippen molar-refractivity contribution in [2.45, 2.75) is 4.90 Å². The quantitative estimate of drug-likeness (QED) is 0.897. The number of anilines is 2. The molecular formula is C10H9Cl2FN4O2S. The van der Waals surface area contributed by atoms with E-state index in [0.717, 1.165) is 12.1 Å². The molecule has 1 aromatic carbocycles. The summed E-state index contributed by atoms with van der Waals surface area (Å²) < 4.78 is 40.8. The van der Waals surface area contributed by atoms with E-state index < -0.39 is 15.8 Å². The number of nitrogens with one attached hydrogen (secondary N) is 1. The Morgan fingerprint density at radius 3 is 2.35 bits per heavy atom. The summed E-state index contributed by atoms with van der Waals surface area (Å²) in [5, 5.41) is 3.40. The third kappa shape index (κ3) is 2.82. The van der Waals surface area contributed by atoms with Crippen LogP contribution in [0.2, 0.25) is 10.0 Å². The van der Waals surface area contributed by atoms with E-state index in [4.69, 9.17) is 28.9 Å². The maximum atomic E-state index is 13.1. The van der Waals surface area contributed by atoms with Crippen molar-refractivity contribution in [1.29, 1.82) is 0 Å². The fourth-order valence-corrected chi connectivity index (χ4v) is 3.39. The summed E-state index contributed by atoms with van der Waals surface area (Å²) >= 11 is 11.5. The summed E-state index contributed by atoms with van der Waals surface area (Å²) in [4.78, 5) is -0.226. The standard InChI is InChI=1S/C10H9Cl2FN4O2S/c1-17-4-8(10(14)15-17)20(18,19)16-9-6(11)2-5(13)3-7(9)12/h2-4,16H,1H3,(H2,14,15). The van der Waals surface area contributed by atoms with Gasteiger partial charge in [-0.2, -0.15) is 5.10 Å². The fraction of sp³-hybridized carbons (Fsp3) is 0.100. The molecule has 0 unspecified atom stereocenters. The van der Waals surface area contributed by atoms with Crippen molar-refractivity contribution in [3.63, 3.8) is 0 Å². The lowest BCUT2D eigenvalue weighted by Gasteiger charge is -2.10. The number of hydrogen-bond donors (Lipinski definition) is 2. The highest BCUT2D eigenvalue weighted by molar-refractivity contribution is 7.92. The van der Waals surface area contributed by atoms with E-state index in [0.29, 0.717) is 0 Å². The molecule has 2 aromatic rings. The molecule has 1 heterocycles. The Morgan fingerprint density at radius 1 is 1.35 bits per heavy atom. The molecular weight excluding hydrogens is 330 g/mol.